The van der Waals surface area contributed by atoms with Crippen LogP contribution in [0, 0.1) is 19.7 Å². The van der Waals surface area contributed by atoms with Gasteiger partial charge in [-0.1, -0.05) is 36.4 Å². The van der Waals surface area contributed by atoms with E-state index in [1.54, 1.807) is 18.2 Å². The molecule has 1 N–H and O–H groups in total. The number of carbonyl (C=O) groups excluding carboxylic acids is 1. The monoisotopic (exact) mass is 380 g/mol. The largest absolute Gasteiger partial charge is 0.351 e. The average molecular weight is 380 g/mol. The molecule has 1 aromatic heterocycles. The third-order valence-corrected chi connectivity index (χ3v) is 4.72. The fourth-order valence-corrected chi connectivity index (χ4v) is 3.19. The molecule has 0 spiro atoms. The molecule has 3 aromatic rings. The Hall–Kier alpha value is -2.99. The van der Waals surface area contributed by atoms with Crippen molar-refractivity contribution in [3.63, 3.8) is 0 Å². The molecule has 0 saturated heterocycles. The Morgan fingerprint density at radius 3 is 2.50 bits per heavy atom. The average Bonchev–Trinajstić information content (AvgIpc) is 2.96. The quantitative estimate of drug-likeness (QED) is 0.684. The van der Waals surface area contributed by atoms with E-state index in [1.165, 1.54) is 6.07 Å². The van der Waals surface area contributed by atoms with Crippen molar-refractivity contribution in [1.29, 1.82) is 0 Å². The van der Waals surface area contributed by atoms with E-state index in [0.717, 1.165) is 22.6 Å². The van der Waals surface area contributed by atoms with E-state index in [4.69, 9.17) is 0 Å². The number of hydrogen-bond acceptors (Lipinski definition) is 3. The molecule has 0 bridgehead atoms. The van der Waals surface area contributed by atoms with Gasteiger partial charge in [-0.05, 0) is 39.1 Å². The molecule has 0 aliphatic carbocycles. The summed E-state index contributed by atoms with van der Waals surface area (Å²) in [5, 5.41) is 7.42. The molecule has 0 unspecified atom stereocenters. The van der Waals surface area contributed by atoms with E-state index < -0.39 is 0 Å². The van der Waals surface area contributed by atoms with Gasteiger partial charge < -0.3 is 5.32 Å². The van der Waals surface area contributed by atoms with Crippen LogP contribution in [-0.4, -0.2) is 34.2 Å². The third kappa shape index (κ3) is 4.64. The number of rotatable bonds is 7. The fourth-order valence-electron chi connectivity index (χ4n) is 3.19. The molecule has 0 saturated carbocycles. The second-order valence-electron chi connectivity index (χ2n) is 6.94. The topological polar surface area (TPSA) is 50.2 Å². The summed E-state index contributed by atoms with van der Waals surface area (Å²) in [6.45, 7) is 5.03. The van der Waals surface area contributed by atoms with Gasteiger partial charge in [-0.25, -0.2) is 9.07 Å². The Balaban J connectivity index is 1.60. The summed E-state index contributed by atoms with van der Waals surface area (Å²) in [5.74, 6) is -0.452. The maximum absolute atomic E-state index is 13.7. The number of carbonyl (C=O) groups is 1. The van der Waals surface area contributed by atoms with Crippen LogP contribution < -0.4 is 5.32 Å². The van der Waals surface area contributed by atoms with Gasteiger partial charge in [0, 0.05) is 29.9 Å². The van der Waals surface area contributed by atoms with Crippen LogP contribution in [0.2, 0.25) is 0 Å². The lowest BCUT2D eigenvalue weighted by Gasteiger charge is -2.17. The molecule has 3 rings (SSSR count). The van der Waals surface area contributed by atoms with Crippen LogP contribution in [0.4, 0.5) is 4.39 Å². The summed E-state index contributed by atoms with van der Waals surface area (Å²) >= 11 is 0. The summed E-state index contributed by atoms with van der Waals surface area (Å²) < 4.78 is 15.6. The van der Waals surface area contributed by atoms with Crippen LogP contribution in [0.3, 0.4) is 0 Å². The first-order chi connectivity index (χ1) is 13.5. The van der Waals surface area contributed by atoms with E-state index >= 15 is 0 Å². The fraction of sp³-hybridized carbons (Fsp3) is 0.273. The molecule has 0 atom stereocenters. The summed E-state index contributed by atoms with van der Waals surface area (Å²) in [5.41, 5.74) is 4.60. The lowest BCUT2D eigenvalue weighted by molar-refractivity contribution is -0.122. The number of hydrogen-bond donors (Lipinski definition) is 1. The van der Waals surface area contributed by atoms with Crippen LogP contribution in [-0.2, 0) is 17.9 Å². The molecule has 5 nitrogen and oxygen atoms in total. The van der Waals surface area contributed by atoms with Gasteiger partial charge in [0.15, 0.2) is 0 Å². The Kier molecular flexibility index (Phi) is 6.21. The number of benzene rings is 2. The molecule has 0 aliphatic rings. The van der Waals surface area contributed by atoms with Crippen molar-refractivity contribution in [2.75, 3.05) is 13.6 Å². The highest BCUT2D eigenvalue weighted by Gasteiger charge is 2.16. The maximum Gasteiger partial charge on any atom is 0.234 e. The SMILES string of the molecule is Cc1nn(-c2ccccc2)c(C)c1CN(C)CC(=O)NCc1ccccc1F. The van der Waals surface area contributed by atoms with Crippen molar-refractivity contribution in [3.05, 3.63) is 82.9 Å². The lowest BCUT2D eigenvalue weighted by Crippen LogP contribution is -2.34. The van der Waals surface area contributed by atoms with Gasteiger partial charge >= 0.3 is 0 Å². The summed E-state index contributed by atoms with van der Waals surface area (Å²) in [7, 11) is 1.89. The van der Waals surface area contributed by atoms with Crippen LogP contribution in [0.25, 0.3) is 5.69 Å². The minimum Gasteiger partial charge on any atom is -0.351 e. The first-order valence-corrected chi connectivity index (χ1v) is 9.25. The minimum atomic E-state index is -0.310. The van der Waals surface area contributed by atoms with Gasteiger partial charge in [0.1, 0.15) is 5.82 Å². The summed E-state index contributed by atoms with van der Waals surface area (Å²) in [4.78, 5) is 14.2. The van der Waals surface area contributed by atoms with Crippen LogP contribution >= 0.6 is 0 Å². The van der Waals surface area contributed by atoms with Gasteiger partial charge in [-0.3, -0.25) is 9.69 Å². The Morgan fingerprint density at radius 2 is 1.79 bits per heavy atom. The van der Waals surface area contributed by atoms with E-state index in [9.17, 15) is 9.18 Å². The smallest absolute Gasteiger partial charge is 0.234 e. The predicted molar refractivity (Wildman–Crippen MR) is 108 cm³/mol. The van der Waals surface area contributed by atoms with E-state index in [-0.39, 0.29) is 24.8 Å². The number of aryl methyl sites for hydroxylation is 1. The van der Waals surface area contributed by atoms with Crippen molar-refractivity contribution in [2.24, 2.45) is 0 Å². The number of nitrogens with one attached hydrogen (secondary N) is 1. The second kappa shape index (κ2) is 8.80. The van der Waals surface area contributed by atoms with Gasteiger partial charge in [0.05, 0.1) is 17.9 Å². The van der Waals surface area contributed by atoms with Crippen molar-refractivity contribution >= 4 is 5.91 Å². The molecule has 2 aromatic carbocycles. The van der Waals surface area contributed by atoms with Crippen molar-refractivity contribution in [2.45, 2.75) is 26.9 Å². The molecule has 0 fully saturated rings. The van der Waals surface area contributed by atoms with Crippen molar-refractivity contribution in [3.8, 4) is 5.69 Å². The number of halogens is 1. The number of aromatic nitrogens is 2. The zero-order valence-electron chi connectivity index (χ0n) is 16.4. The second-order valence-corrected chi connectivity index (χ2v) is 6.94. The van der Waals surface area contributed by atoms with Crippen LogP contribution in [0.1, 0.15) is 22.5 Å². The number of likely N-dealkylation sites (N-methyl/N-ethyl adjacent to an activating group) is 1. The Bertz CT molecular complexity index is 952. The normalized spacial score (nSPS) is 11.0. The van der Waals surface area contributed by atoms with Crippen molar-refractivity contribution in [1.82, 2.24) is 20.0 Å². The van der Waals surface area contributed by atoms with Gasteiger partial charge in [0.2, 0.25) is 5.91 Å². The van der Waals surface area contributed by atoms with Crippen LogP contribution in [0.15, 0.2) is 54.6 Å². The molecular weight excluding hydrogens is 355 g/mol. The Labute approximate surface area is 164 Å². The molecule has 146 valence electrons. The van der Waals surface area contributed by atoms with Gasteiger partial charge in [-0.15, -0.1) is 0 Å². The lowest BCUT2D eigenvalue weighted by atomic mass is 10.2. The molecular formula is C22H25FN4O. The number of nitrogens with zero attached hydrogens (tertiary/aromatic N) is 3. The minimum absolute atomic E-state index is 0.142. The summed E-state index contributed by atoms with van der Waals surface area (Å²) in [6, 6.07) is 16.4. The van der Waals surface area contributed by atoms with E-state index in [0.29, 0.717) is 12.1 Å². The third-order valence-electron chi connectivity index (χ3n) is 4.72. The Morgan fingerprint density at radius 1 is 1.11 bits per heavy atom. The van der Waals surface area contributed by atoms with E-state index in [1.807, 2.05) is 60.8 Å². The van der Waals surface area contributed by atoms with E-state index in [2.05, 4.69) is 10.4 Å². The van der Waals surface area contributed by atoms with Crippen LogP contribution in [0.5, 0.6) is 0 Å². The first kappa shape index (κ1) is 19.8. The summed E-state index contributed by atoms with van der Waals surface area (Å²) in [6.07, 6.45) is 0. The highest BCUT2D eigenvalue weighted by Crippen LogP contribution is 2.19. The standard InChI is InChI=1S/C22H25FN4O/c1-16-20(17(2)27(25-16)19-10-5-4-6-11-19)14-26(3)15-22(28)24-13-18-9-7-8-12-21(18)23/h4-12H,13-15H2,1-3H3,(H,24,28). The molecule has 0 radical (unpaired) electrons. The molecule has 0 aliphatic heterocycles. The van der Waals surface area contributed by atoms with Crippen molar-refractivity contribution < 1.29 is 9.18 Å². The molecule has 28 heavy (non-hydrogen) atoms. The highest BCUT2D eigenvalue weighted by atomic mass is 19.1. The first-order valence-electron chi connectivity index (χ1n) is 9.25. The number of amides is 1. The number of para-hydroxylation sites is 1. The zero-order valence-corrected chi connectivity index (χ0v) is 16.4. The maximum atomic E-state index is 13.7. The predicted octanol–water partition coefficient (Wildman–Crippen LogP) is 3.38. The molecule has 1 heterocycles. The molecule has 6 heteroatoms. The zero-order chi connectivity index (χ0) is 20.1. The molecule has 1 amide bonds. The van der Waals surface area contributed by atoms with Gasteiger partial charge in [0.25, 0.3) is 0 Å². The highest BCUT2D eigenvalue weighted by molar-refractivity contribution is 5.78. The van der Waals surface area contributed by atoms with Gasteiger partial charge in [-0.2, -0.15) is 5.10 Å².